The van der Waals surface area contributed by atoms with Crippen LogP contribution >= 0.6 is 11.3 Å². The summed E-state index contributed by atoms with van der Waals surface area (Å²) in [5, 5.41) is 2.00. The molecule has 0 spiro atoms. The van der Waals surface area contributed by atoms with Crippen molar-refractivity contribution in [1.29, 1.82) is 0 Å². The molecule has 3 amide bonds. The topological polar surface area (TPSA) is 113 Å². The van der Waals surface area contributed by atoms with Crippen LogP contribution in [0, 0.1) is 13.8 Å². The number of amides is 3. The number of nitrogens with one attached hydrogen (secondary N) is 1. The molecule has 1 aliphatic heterocycles. The van der Waals surface area contributed by atoms with Crippen molar-refractivity contribution in [2.24, 2.45) is 5.73 Å². The van der Waals surface area contributed by atoms with Crippen molar-refractivity contribution >= 4 is 33.3 Å². The van der Waals surface area contributed by atoms with Crippen LogP contribution in [0.1, 0.15) is 9.75 Å². The summed E-state index contributed by atoms with van der Waals surface area (Å²) in [4.78, 5) is 26.0. The largest absolute Gasteiger partial charge is 0.351 e. The summed E-state index contributed by atoms with van der Waals surface area (Å²) >= 11 is 1.46. The van der Waals surface area contributed by atoms with Gasteiger partial charge < -0.3 is 5.73 Å². The zero-order chi connectivity index (χ0) is 17.2. The molecular formula is C13H20N4O4S2. The van der Waals surface area contributed by atoms with Crippen LogP contribution in [0.4, 0.5) is 4.79 Å². The summed E-state index contributed by atoms with van der Waals surface area (Å²) in [5.74, 6) is -0.488. The van der Waals surface area contributed by atoms with Crippen molar-refractivity contribution in [3.8, 4) is 0 Å². The van der Waals surface area contributed by atoms with Crippen LogP contribution in [0.2, 0.25) is 0 Å². The van der Waals surface area contributed by atoms with E-state index < -0.39 is 22.0 Å². The predicted octanol–water partition coefficient (Wildman–Crippen LogP) is -0.134. The van der Waals surface area contributed by atoms with Crippen LogP contribution in [0.15, 0.2) is 11.0 Å². The van der Waals surface area contributed by atoms with E-state index >= 15 is 0 Å². The average molecular weight is 360 g/mol. The molecule has 0 saturated carbocycles. The van der Waals surface area contributed by atoms with E-state index in [2.05, 4.69) is 0 Å². The Labute approximate surface area is 139 Å². The molecule has 23 heavy (non-hydrogen) atoms. The molecular weight excluding hydrogens is 340 g/mol. The van der Waals surface area contributed by atoms with Crippen LogP contribution in [0.3, 0.4) is 0 Å². The standard InChI is InChI=1S/C13H20N4O4S2/c1-9-7-11(10(2)22-9)23(20,21)17-5-3-16(4-6-17)8-12(18)15-13(14)19/h7H,3-6,8H2,1-2H3,(H3,14,15,18,19). The molecule has 2 rings (SSSR count). The van der Waals surface area contributed by atoms with Gasteiger partial charge in [-0.1, -0.05) is 0 Å². The molecule has 0 bridgehead atoms. The number of urea groups is 1. The van der Waals surface area contributed by atoms with Gasteiger partial charge in [0, 0.05) is 35.9 Å². The van der Waals surface area contributed by atoms with E-state index in [9.17, 15) is 18.0 Å². The molecule has 0 atom stereocenters. The number of thiophene rings is 1. The number of nitrogens with zero attached hydrogens (tertiary/aromatic N) is 2. The average Bonchev–Trinajstić information content (AvgIpc) is 2.78. The minimum atomic E-state index is -3.50. The van der Waals surface area contributed by atoms with Gasteiger partial charge in [-0.25, -0.2) is 13.2 Å². The maximum Gasteiger partial charge on any atom is 0.318 e. The maximum atomic E-state index is 12.7. The molecule has 1 aromatic rings. The highest BCUT2D eigenvalue weighted by Crippen LogP contribution is 2.28. The third kappa shape index (κ3) is 4.28. The number of primary amides is 1. The summed E-state index contributed by atoms with van der Waals surface area (Å²) < 4.78 is 26.8. The van der Waals surface area contributed by atoms with Gasteiger partial charge >= 0.3 is 6.03 Å². The number of rotatable bonds is 4. The Morgan fingerprint density at radius 1 is 1.26 bits per heavy atom. The Bertz CT molecular complexity index is 706. The zero-order valence-corrected chi connectivity index (χ0v) is 14.7. The number of carbonyl (C=O) groups is 2. The number of imide groups is 1. The Morgan fingerprint density at radius 3 is 2.35 bits per heavy atom. The summed E-state index contributed by atoms with van der Waals surface area (Å²) in [6.45, 7) is 5.16. The monoisotopic (exact) mass is 360 g/mol. The smallest absolute Gasteiger partial charge is 0.318 e. The fraction of sp³-hybridized carbons (Fsp3) is 0.538. The molecule has 2 heterocycles. The Kier molecular flexibility index (Phi) is 5.40. The minimum absolute atomic E-state index is 0.0212. The van der Waals surface area contributed by atoms with Crippen LogP contribution in [-0.4, -0.2) is 62.3 Å². The number of hydrogen-bond donors (Lipinski definition) is 2. The van der Waals surface area contributed by atoms with E-state index in [4.69, 9.17) is 5.73 Å². The third-order valence-electron chi connectivity index (χ3n) is 3.57. The molecule has 1 saturated heterocycles. The van der Waals surface area contributed by atoms with Crippen molar-refractivity contribution in [3.05, 3.63) is 15.8 Å². The van der Waals surface area contributed by atoms with E-state index in [0.717, 1.165) is 9.75 Å². The van der Waals surface area contributed by atoms with Gasteiger partial charge in [-0.05, 0) is 19.9 Å². The van der Waals surface area contributed by atoms with Gasteiger partial charge in [0.2, 0.25) is 15.9 Å². The second-order valence-corrected chi connectivity index (χ2v) is 8.74. The lowest BCUT2D eigenvalue weighted by Crippen LogP contribution is -2.51. The Balaban J connectivity index is 1.97. The lowest BCUT2D eigenvalue weighted by atomic mass is 10.3. The van der Waals surface area contributed by atoms with Gasteiger partial charge in [0.1, 0.15) is 0 Å². The molecule has 128 valence electrons. The van der Waals surface area contributed by atoms with E-state index in [0.29, 0.717) is 31.1 Å². The second kappa shape index (κ2) is 6.95. The van der Waals surface area contributed by atoms with E-state index in [1.54, 1.807) is 17.9 Å². The lowest BCUT2D eigenvalue weighted by Gasteiger charge is -2.33. The number of nitrogens with two attached hydrogens (primary N) is 1. The first-order chi connectivity index (χ1) is 10.7. The van der Waals surface area contributed by atoms with Gasteiger partial charge in [0.05, 0.1) is 11.4 Å². The fourth-order valence-electron chi connectivity index (χ4n) is 2.51. The van der Waals surface area contributed by atoms with Gasteiger partial charge in [-0.15, -0.1) is 11.3 Å². The van der Waals surface area contributed by atoms with Gasteiger partial charge in [-0.3, -0.25) is 15.0 Å². The van der Waals surface area contributed by atoms with Crippen molar-refractivity contribution in [1.82, 2.24) is 14.5 Å². The highest BCUT2D eigenvalue weighted by molar-refractivity contribution is 7.89. The van der Waals surface area contributed by atoms with Crippen LogP contribution in [0.25, 0.3) is 0 Å². The van der Waals surface area contributed by atoms with Gasteiger partial charge in [0.25, 0.3) is 0 Å². The van der Waals surface area contributed by atoms with Crippen molar-refractivity contribution in [2.45, 2.75) is 18.7 Å². The van der Waals surface area contributed by atoms with E-state index in [1.165, 1.54) is 15.6 Å². The lowest BCUT2D eigenvalue weighted by molar-refractivity contribution is -0.121. The summed E-state index contributed by atoms with van der Waals surface area (Å²) in [6.07, 6.45) is 0. The third-order valence-corrected chi connectivity index (χ3v) is 6.69. The van der Waals surface area contributed by atoms with Crippen molar-refractivity contribution < 1.29 is 18.0 Å². The molecule has 10 heteroatoms. The summed E-state index contributed by atoms with van der Waals surface area (Å²) in [6, 6.07) is 0.807. The molecule has 0 aromatic carbocycles. The van der Waals surface area contributed by atoms with Crippen molar-refractivity contribution in [3.63, 3.8) is 0 Å². The minimum Gasteiger partial charge on any atom is -0.351 e. The van der Waals surface area contributed by atoms with Gasteiger partial charge in [0.15, 0.2) is 0 Å². The Hall–Kier alpha value is -1.49. The highest BCUT2D eigenvalue weighted by Gasteiger charge is 2.31. The molecule has 1 aromatic heterocycles. The SMILES string of the molecule is Cc1cc(S(=O)(=O)N2CCN(CC(=O)NC(N)=O)CC2)c(C)s1. The van der Waals surface area contributed by atoms with E-state index in [-0.39, 0.29) is 6.54 Å². The van der Waals surface area contributed by atoms with E-state index in [1.807, 2.05) is 12.2 Å². The highest BCUT2D eigenvalue weighted by atomic mass is 32.2. The van der Waals surface area contributed by atoms with Crippen molar-refractivity contribution in [2.75, 3.05) is 32.7 Å². The first-order valence-corrected chi connectivity index (χ1v) is 9.34. The number of aryl methyl sites for hydroxylation is 2. The fourth-order valence-corrected chi connectivity index (χ4v) is 5.46. The number of piperazine rings is 1. The normalized spacial score (nSPS) is 17.1. The van der Waals surface area contributed by atoms with Gasteiger partial charge in [-0.2, -0.15) is 4.31 Å². The maximum absolute atomic E-state index is 12.7. The predicted molar refractivity (Wildman–Crippen MR) is 86.7 cm³/mol. The number of carbonyl (C=O) groups excluding carboxylic acids is 2. The first kappa shape index (κ1) is 17.9. The zero-order valence-electron chi connectivity index (χ0n) is 13.0. The van der Waals surface area contributed by atoms with Crippen LogP contribution in [-0.2, 0) is 14.8 Å². The summed E-state index contributed by atoms with van der Waals surface area (Å²) in [7, 11) is -3.50. The van der Waals surface area contributed by atoms with Crippen LogP contribution in [0.5, 0.6) is 0 Å². The summed E-state index contributed by atoms with van der Waals surface area (Å²) in [5.41, 5.74) is 4.88. The Morgan fingerprint density at radius 2 is 1.87 bits per heavy atom. The molecule has 3 N–H and O–H groups in total. The molecule has 1 aliphatic rings. The van der Waals surface area contributed by atoms with Crippen LogP contribution < -0.4 is 11.1 Å². The first-order valence-electron chi connectivity index (χ1n) is 7.09. The molecule has 0 unspecified atom stereocenters. The molecule has 0 aliphatic carbocycles. The second-order valence-electron chi connectivity index (χ2n) is 5.37. The number of sulfonamides is 1. The quantitative estimate of drug-likeness (QED) is 0.776. The number of hydrogen-bond acceptors (Lipinski definition) is 6. The molecule has 1 fully saturated rings. The molecule has 0 radical (unpaired) electrons. The molecule has 8 nitrogen and oxygen atoms in total.